The molecule has 1 aromatic heterocycles. The van der Waals surface area contributed by atoms with Gasteiger partial charge in [-0.1, -0.05) is 25.1 Å². The number of benzene rings is 1. The first-order valence-electron chi connectivity index (χ1n) is 6.91. The van der Waals surface area contributed by atoms with Crippen LogP contribution in [0.4, 0.5) is 5.69 Å². The maximum Gasteiger partial charge on any atom is 0.242 e. The van der Waals surface area contributed by atoms with E-state index in [-0.39, 0.29) is 5.91 Å². The second-order valence-electron chi connectivity index (χ2n) is 4.79. The molecule has 2 rings (SSSR count). The number of carbonyl (C=O) groups is 1. The zero-order valence-electron chi connectivity index (χ0n) is 11.9. The van der Waals surface area contributed by atoms with E-state index in [9.17, 15) is 10.1 Å². The van der Waals surface area contributed by atoms with Crippen LogP contribution in [0.25, 0.3) is 0 Å². The highest BCUT2D eigenvalue weighted by Gasteiger charge is 2.18. The minimum Gasteiger partial charge on any atom is -0.325 e. The summed E-state index contributed by atoms with van der Waals surface area (Å²) in [6.45, 7) is 2.08. The Kier molecular flexibility index (Phi) is 5.05. The van der Waals surface area contributed by atoms with Crippen molar-refractivity contribution in [3.05, 3.63) is 59.9 Å². The van der Waals surface area contributed by atoms with Gasteiger partial charge in [-0.15, -0.1) is 0 Å². The average Bonchev–Trinajstić information content (AvgIpc) is 2.54. The number of anilines is 1. The molecule has 1 amide bonds. The van der Waals surface area contributed by atoms with Crippen molar-refractivity contribution in [2.24, 2.45) is 5.92 Å². The lowest BCUT2D eigenvalue weighted by Gasteiger charge is -2.10. The number of hydrogen-bond acceptors (Lipinski definition) is 3. The van der Waals surface area contributed by atoms with Crippen LogP contribution in [0.5, 0.6) is 0 Å². The SMILES string of the molecule is CCc1ccc(NC(=O)[C@@H](C#N)Cc2cccnc2)cc1. The van der Waals surface area contributed by atoms with Crippen molar-refractivity contribution in [2.75, 3.05) is 5.32 Å². The number of aryl methyl sites for hydroxylation is 1. The van der Waals surface area contributed by atoms with E-state index in [0.29, 0.717) is 12.1 Å². The summed E-state index contributed by atoms with van der Waals surface area (Å²) in [6.07, 6.45) is 4.66. The lowest BCUT2D eigenvalue weighted by Crippen LogP contribution is -2.23. The number of aromatic nitrogens is 1. The van der Waals surface area contributed by atoms with E-state index in [1.165, 1.54) is 5.56 Å². The predicted octanol–water partition coefficient (Wildman–Crippen LogP) is 2.96. The number of nitrogens with zero attached hydrogens (tertiary/aromatic N) is 2. The molecule has 4 heteroatoms. The average molecular weight is 279 g/mol. The summed E-state index contributed by atoms with van der Waals surface area (Å²) in [4.78, 5) is 16.1. The fraction of sp³-hybridized carbons (Fsp3) is 0.235. The Bertz CT molecular complexity index is 629. The quantitative estimate of drug-likeness (QED) is 0.915. The lowest BCUT2D eigenvalue weighted by molar-refractivity contribution is -0.118. The van der Waals surface area contributed by atoms with Crippen LogP contribution >= 0.6 is 0 Å². The van der Waals surface area contributed by atoms with Crippen LogP contribution in [-0.2, 0) is 17.6 Å². The molecule has 0 fully saturated rings. The summed E-state index contributed by atoms with van der Waals surface area (Å²) >= 11 is 0. The number of nitriles is 1. The number of amides is 1. The van der Waals surface area contributed by atoms with E-state index in [0.717, 1.165) is 12.0 Å². The third-order valence-electron chi connectivity index (χ3n) is 3.26. The summed E-state index contributed by atoms with van der Waals surface area (Å²) in [6, 6.07) is 13.4. The Hall–Kier alpha value is -2.67. The molecule has 21 heavy (non-hydrogen) atoms. The first-order chi connectivity index (χ1) is 10.2. The first kappa shape index (κ1) is 14.7. The van der Waals surface area contributed by atoms with Gasteiger partial charge in [-0.3, -0.25) is 9.78 Å². The highest BCUT2D eigenvalue weighted by molar-refractivity contribution is 5.94. The maximum atomic E-state index is 12.1. The third kappa shape index (κ3) is 4.15. The molecular weight excluding hydrogens is 262 g/mol. The van der Waals surface area contributed by atoms with Gasteiger partial charge in [0.05, 0.1) is 6.07 Å². The van der Waals surface area contributed by atoms with E-state index < -0.39 is 5.92 Å². The number of rotatable bonds is 5. The Morgan fingerprint density at radius 1 is 1.29 bits per heavy atom. The normalized spacial score (nSPS) is 11.4. The van der Waals surface area contributed by atoms with E-state index in [4.69, 9.17) is 0 Å². The van der Waals surface area contributed by atoms with Crippen molar-refractivity contribution < 1.29 is 4.79 Å². The van der Waals surface area contributed by atoms with Gasteiger partial charge < -0.3 is 5.32 Å². The summed E-state index contributed by atoms with van der Waals surface area (Å²) in [5.41, 5.74) is 2.80. The molecule has 0 aliphatic carbocycles. The molecule has 0 saturated carbocycles. The number of pyridine rings is 1. The standard InChI is InChI=1S/C17H17N3O/c1-2-13-5-7-16(8-6-13)20-17(21)15(11-18)10-14-4-3-9-19-12-14/h3-9,12,15H,2,10H2,1H3,(H,20,21)/t15-/m1/s1. The van der Waals surface area contributed by atoms with Crippen LogP contribution in [0.15, 0.2) is 48.8 Å². The second kappa shape index (κ2) is 7.20. The molecule has 1 aromatic carbocycles. The minimum absolute atomic E-state index is 0.286. The fourth-order valence-corrected chi connectivity index (χ4v) is 2.00. The van der Waals surface area contributed by atoms with Crippen LogP contribution in [0.1, 0.15) is 18.1 Å². The van der Waals surface area contributed by atoms with Gasteiger partial charge >= 0.3 is 0 Å². The molecule has 0 radical (unpaired) electrons. The van der Waals surface area contributed by atoms with E-state index >= 15 is 0 Å². The van der Waals surface area contributed by atoms with Gasteiger partial charge in [0.25, 0.3) is 0 Å². The van der Waals surface area contributed by atoms with Crippen molar-refractivity contribution in [1.29, 1.82) is 5.26 Å². The van der Waals surface area contributed by atoms with Crippen LogP contribution < -0.4 is 5.32 Å². The molecule has 4 nitrogen and oxygen atoms in total. The molecule has 1 atom stereocenters. The predicted molar refractivity (Wildman–Crippen MR) is 81.5 cm³/mol. The Morgan fingerprint density at radius 2 is 2.05 bits per heavy atom. The largest absolute Gasteiger partial charge is 0.325 e. The molecule has 0 aliphatic rings. The van der Waals surface area contributed by atoms with Gasteiger partial charge in [-0.2, -0.15) is 5.26 Å². The van der Waals surface area contributed by atoms with Crippen molar-refractivity contribution in [2.45, 2.75) is 19.8 Å². The highest BCUT2D eigenvalue weighted by atomic mass is 16.1. The molecule has 0 saturated heterocycles. The summed E-state index contributed by atoms with van der Waals surface area (Å²) < 4.78 is 0. The lowest BCUT2D eigenvalue weighted by atomic mass is 10.0. The van der Waals surface area contributed by atoms with Crippen LogP contribution in [0.2, 0.25) is 0 Å². The molecular formula is C17H17N3O. The van der Waals surface area contributed by atoms with Crippen molar-refractivity contribution in [3.8, 4) is 6.07 Å². The van der Waals surface area contributed by atoms with Gasteiger partial charge in [0.15, 0.2) is 0 Å². The monoisotopic (exact) mass is 279 g/mol. The highest BCUT2D eigenvalue weighted by Crippen LogP contribution is 2.13. The molecule has 1 N–H and O–H groups in total. The van der Waals surface area contributed by atoms with Gasteiger partial charge in [-0.05, 0) is 42.2 Å². The smallest absolute Gasteiger partial charge is 0.242 e. The molecule has 106 valence electrons. The summed E-state index contributed by atoms with van der Waals surface area (Å²) in [5.74, 6) is -1.01. The fourth-order valence-electron chi connectivity index (χ4n) is 2.00. The zero-order chi connectivity index (χ0) is 15.1. The molecule has 1 heterocycles. The van der Waals surface area contributed by atoms with E-state index in [1.54, 1.807) is 18.5 Å². The molecule has 0 bridgehead atoms. The van der Waals surface area contributed by atoms with Gasteiger partial charge in [0.2, 0.25) is 5.91 Å². The molecule has 0 aliphatic heterocycles. The number of nitrogens with one attached hydrogen (secondary N) is 1. The maximum absolute atomic E-state index is 12.1. The van der Waals surface area contributed by atoms with Gasteiger partial charge in [0, 0.05) is 18.1 Å². The molecule has 0 unspecified atom stereocenters. The van der Waals surface area contributed by atoms with Gasteiger partial charge in [-0.25, -0.2) is 0 Å². The Morgan fingerprint density at radius 3 is 2.62 bits per heavy atom. The summed E-state index contributed by atoms with van der Waals surface area (Å²) in [5, 5.41) is 12.0. The van der Waals surface area contributed by atoms with Crippen LogP contribution in [-0.4, -0.2) is 10.9 Å². The van der Waals surface area contributed by atoms with E-state index in [2.05, 4.69) is 23.3 Å². The summed E-state index contributed by atoms with van der Waals surface area (Å²) in [7, 11) is 0. The molecule has 2 aromatic rings. The van der Waals surface area contributed by atoms with Crippen LogP contribution in [0.3, 0.4) is 0 Å². The minimum atomic E-state index is -0.722. The topological polar surface area (TPSA) is 65.8 Å². The number of hydrogen-bond donors (Lipinski definition) is 1. The Labute approximate surface area is 124 Å². The van der Waals surface area contributed by atoms with Crippen molar-refractivity contribution in [3.63, 3.8) is 0 Å². The number of carbonyl (C=O) groups excluding carboxylic acids is 1. The second-order valence-corrected chi connectivity index (χ2v) is 4.79. The van der Waals surface area contributed by atoms with Crippen molar-refractivity contribution in [1.82, 2.24) is 4.98 Å². The third-order valence-corrected chi connectivity index (χ3v) is 3.26. The van der Waals surface area contributed by atoms with Crippen LogP contribution in [0, 0.1) is 17.2 Å². The van der Waals surface area contributed by atoms with E-state index in [1.807, 2.05) is 30.3 Å². The van der Waals surface area contributed by atoms with Crippen molar-refractivity contribution >= 4 is 11.6 Å². The molecule has 0 spiro atoms. The zero-order valence-corrected chi connectivity index (χ0v) is 11.9. The Balaban J connectivity index is 2.01. The van der Waals surface area contributed by atoms with Gasteiger partial charge in [0.1, 0.15) is 5.92 Å². The first-order valence-corrected chi connectivity index (χ1v) is 6.91.